The lowest BCUT2D eigenvalue weighted by atomic mass is 9.74. The Bertz CT molecular complexity index is 3330. The second-order valence-electron chi connectivity index (χ2n) is 14.6. The van der Waals surface area contributed by atoms with Crippen molar-refractivity contribution in [3.63, 3.8) is 0 Å². The Hall–Kier alpha value is -7.37. The van der Waals surface area contributed by atoms with E-state index in [9.17, 15) is 0 Å². The van der Waals surface area contributed by atoms with Crippen LogP contribution in [0.15, 0.2) is 185 Å². The predicted octanol–water partition coefficient (Wildman–Crippen LogP) is 13.1. The van der Waals surface area contributed by atoms with E-state index < -0.39 is 0 Å². The van der Waals surface area contributed by atoms with Gasteiger partial charge in [0.2, 0.25) is 0 Å². The van der Waals surface area contributed by atoms with Crippen LogP contribution in [0.1, 0.15) is 22.9 Å². The van der Waals surface area contributed by atoms with Crippen molar-refractivity contribution >= 4 is 60.2 Å². The van der Waals surface area contributed by atoms with E-state index in [0.29, 0.717) is 17.5 Å². The van der Waals surface area contributed by atoms with Crippen LogP contribution in [0.25, 0.3) is 94.1 Å². The molecule has 2 unspecified atom stereocenters. The Morgan fingerprint density at radius 3 is 2.09 bits per heavy atom. The molecule has 0 spiro atoms. The molecule has 0 saturated heterocycles. The summed E-state index contributed by atoms with van der Waals surface area (Å²) in [5, 5.41) is 6.45. The molecule has 262 valence electrons. The summed E-state index contributed by atoms with van der Waals surface area (Å²) in [7, 11) is 0. The summed E-state index contributed by atoms with van der Waals surface area (Å²) in [5.74, 6) is 2.34. The fourth-order valence-electron chi connectivity index (χ4n) is 8.98. The lowest BCUT2D eigenvalue weighted by Gasteiger charge is -2.30. The van der Waals surface area contributed by atoms with E-state index in [0.717, 1.165) is 82.7 Å². The van der Waals surface area contributed by atoms with Crippen molar-refractivity contribution in [3.8, 4) is 33.9 Å². The van der Waals surface area contributed by atoms with Gasteiger partial charge < -0.3 is 8.83 Å². The van der Waals surface area contributed by atoms with Crippen LogP contribution in [-0.2, 0) is 0 Å². The molecule has 0 aliphatic heterocycles. The average Bonchev–Trinajstić information content (AvgIpc) is 3.86. The fraction of sp³-hybridized carbons (Fsp3) is 0.0392. The third-order valence-corrected chi connectivity index (χ3v) is 11.5. The first-order valence-corrected chi connectivity index (χ1v) is 19.0. The molecule has 3 aromatic heterocycles. The van der Waals surface area contributed by atoms with Gasteiger partial charge in [0.05, 0.1) is 0 Å². The van der Waals surface area contributed by atoms with E-state index in [-0.39, 0.29) is 11.8 Å². The van der Waals surface area contributed by atoms with E-state index in [2.05, 4.69) is 146 Å². The Morgan fingerprint density at radius 2 is 1.14 bits per heavy atom. The first kappa shape index (κ1) is 31.0. The van der Waals surface area contributed by atoms with Gasteiger partial charge in [-0.1, -0.05) is 146 Å². The zero-order chi connectivity index (χ0) is 36.7. The van der Waals surface area contributed by atoms with Crippen molar-refractivity contribution in [3.05, 3.63) is 193 Å². The average molecular weight is 718 g/mol. The zero-order valence-electron chi connectivity index (χ0n) is 30.1. The van der Waals surface area contributed by atoms with E-state index in [4.69, 9.17) is 23.8 Å². The first-order chi connectivity index (χ1) is 27.8. The van der Waals surface area contributed by atoms with Gasteiger partial charge >= 0.3 is 0 Å². The van der Waals surface area contributed by atoms with Crippen molar-refractivity contribution in [1.29, 1.82) is 0 Å². The van der Waals surface area contributed by atoms with Gasteiger partial charge in [-0.15, -0.1) is 0 Å². The predicted molar refractivity (Wildman–Crippen MR) is 226 cm³/mol. The second-order valence-corrected chi connectivity index (χ2v) is 14.6. The molecule has 0 fully saturated rings. The van der Waals surface area contributed by atoms with E-state index in [1.54, 1.807) is 0 Å². The maximum atomic E-state index is 6.87. The monoisotopic (exact) mass is 717 g/mol. The Kier molecular flexibility index (Phi) is 6.69. The SMILES string of the molecule is C1=CC2C=C(c3nc(-c4ccccc4)nc(-c4ccc(-c5cccc6oc7ccc8ccccc8c7c56)c5oc6ccccc6c45)n3)c3ccccc3C2C=C1. The van der Waals surface area contributed by atoms with Gasteiger partial charge in [-0.3, -0.25) is 0 Å². The molecular formula is C51H31N3O2. The topological polar surface area (TPSA) is 65.0 Å². The largest absolute Gasteiger partial charge is 0.456 e. The number of allylic oxidation sites excluding steroid dienone is 5. The highest BCUT2D eigenvalue weighted by molar-refractivity contribution is 6.25. The van der Waals surface area contributed by atoms with Crippen LogP contribution in [0.3, 0.4) is 0 Å². The highest BCUT2D eigenvalue weighted by atomic mass is 16.3. The van der Waals surface area contributed by atoms with Gasteiger partial charge in [0.25, 0.3) is 0 Å². The first-order valence-electron chi connectivity index (χ1n) is 19.0. The Labute approximate surface area is 321 Å². The standard InChI is InChI=1S/C51H31N3O2/c1-2-14-31(15-3-1)49-52-50(54-51(53-49)41-29-32-16-5-6-17-33(32)35-19-8-9-20-36(35)41)40-27-26-38(48-45(40)39-21-10-11-23-42(39)56-48)37-22-12-24-43-47(37)46-34-18-7-4-13-30(34)25-28-44(46)55-43/h1-29,32-33H. The molecule has 5 nitrogen and oxygen atoms in total. The quantitative estimate of drug-likeness (QED) is 0.181. The number of furan rings is 2. The highest BCUT2D eigenvalue weighted by Crippen LogP contribution is 2.47. The summed E-state index contributed by atoms with van der Waals surface area (Å²) in [4.78, 5) is 15.8. The molecule has 7 aromatic carbocycles. The number of rotatable bonds is 4. The van der Waals surface area contributed by atoms with Crippen LogP contribution in [0.5, 0.6) is 0 Å². The normalized spacial score (nSPS) is 16.2. The van der Waals surface area contributed by atoms with Crippen LogP contribution in [0, 0.1) is 5.92 Å². The fourth-order valence-corrected chi connectivity index (χ4v) is 8.98. The molecule has 12 rings (SSSR count). The molecule has 2 aliphatic rings. The number of hydrogen-bond acceptors (Lipinski definition) is 5. The number of fused-ring (bicyclic) bond motifs is 11. The van der Waals surface area contributed by atoms with Gasteiger partial charge in [-0.25, -0.2) is 15.0 Å². The molecule has 2 aliphatic carbocycles. The molecular weight excluding hydrogens is 687 g/mol. The summed E-state index contributed by atoms with van der Waals surface area (Å²) in [5.41, 5.74) is 10.5. The molecule has 2 atom stereocenters. The van der Waals surface area contributed by atoms with Crippen LogP contribution in [0.4, 0.5) is 0 Å². The molecule has 56 heavy (non-hydrogen) atoms. The van der Waals surface area contributed by atoms with Crippen LogP contribution in [0.2, 0.25) is 0 Å². The minimum absolute atomic E-state index is 0.202. The van der Waals surface area contributed by atoms with Crippen molar-refractivity contribution < 1.29 is 8.83 Å². The van der Waals surface area contributed by atoms with Crippen LogP contribution >= 0.6 is 0 Å². The Balaban J connectivity index is 1.13. The minimum atomic E-state index is 0.202. The molecule has 0 amide bonds. The van der Waals surface area contributed by atoms with Gasteiger partial charge in [0.15, 0.2) is 17.5 Å². The number of aromatic nitrogens is 3. The summed E-state index contributed by atoms with van der Waals surface area (Å²) < 4.78 is 13.4. The second kappa shape index (κ2) is 12.1. The molecule has 0 saturated carbocycles. The third-order valence-electron chi connectivity index (χ3n) is 11.5. The number of hydrogen-bond donors (Lipinski definition) is 0. The zero-order valence-corrected chi connectivity index (χ0v) is 30.1. The van der Waals surface area contributed by atoms with Gasteiger partial charge in [0.1, 0.15) is 22.3 Å². The lowest BCUT2D eigenvalue weighted by Crippen LogP contribution is -2.17. The maximum absolute atomic E-state index is 6.87. The summed E-state index contributed by atoms with van der Waals surface area (Å²) in [6, 6.07) is 50.3. The van der Waals surface area contributed by atoms with Gasteiger partial charge in [-0.2, -0.15) is 0 Å². The molecule has 10 aromatic rings. The van der Waals surface area contributed by atoms with Crippen molar-refractivity contribution in [2.24, 2.45) is 5.92 Å². The smallest absolute Gasteiger partial charge is 0.164 e. The van der Waals surface area contributed by atoms with Crippen molar-refractivity contribution in [1.82, 2.24) is 15.0 Å². The highest BCUT2D eigenvalue weighted by Gasteiger charge is 2.30. The minimum Gasteiger partial charge on any atom is -0.456 e. The van der Waals surface area contributed by atoms with E-state index in [1.165, 1.54) is 10.9 Å². The van der Waals surface area contributed by atoms with Gasteiger partial charge in [-0.05, 0) is 57.8 Å². The van der Waals surface area contributed by atoms with Gasteiger partial charge in [0, 0.05) is 55.6 Å². The number of benzene rings is 7. The Morgan fingerprint density at radius 1 is 0.429 bits per heavy atom. The molecule has 5 heteroatoms. The van der Waals surface area contributed by atoms with Crippen molar-refractivity contribution in [2.45, 2.75) is 5.92 Å². The summed E-state index contributed by atoms with van der Waals surface area (Å²) >= 11 is 0. The third kappa shape index (κ3) is 4.64. The molecule has 3 heterocycles. The maximum Gasteiger partial charge on any atom is 0.164 e. The van der Waals surface area contributed by atoms with E-state index >= 15 is 0 Å². The van der Waals surface area contributed by atoms with Crippen LogP contribution in [-0.4, -0.2) is 15.0 Å². The van der Waals surface area contributed by atoms with Crippen LogP contribution < -0.4 is 0 Å². The lowest BCUT2D eigenvalue weighted by molar-refractivity contribution is 0.669. The van der Waals surface area contributed by atoms with E-state index in [1.807, 2.05) is 30.3 Å². The summed E-state index contributed by atoms with van der Waals surface area (Å²) in [6.45, 7) is 0. The molecule has 0 radical (unpaired) electrons. The summed E-state index contributed by atoms with van der Waals surface area (Å²) in [6.07, 6.45) is 11.2. The van der Waals surface area contributed by atoms with Crippen molar-refractivity contribution in [2.75, 3.05) is 0 Å². The molecule has 0 bridgehead atoms. The molecule has 0 N–H and O–H groups in total. The number of para-hydroxylation sites is 1. The number of nitrogens with zero attached hydrogens (tertiary/aromatic N) is 3.